The van der Waals surface area contributed by atoms with Crippen molar-refractivity contribution in [3.8, 4) is 5.69 Å². The second kappa shape index (κ2) is 7.91. The van der Waals surface area contributed by atoms with Crippen LogP contribution >= 0.6 is 0 Å². The number of hydrogen-bond donors (Lipinski definition) is 2. The Morgan fingerprint density at radius 2 is 1.54 bits per heavy atom. The van der Waals surface area contributed by atoms with Crippen LogP contribution in [0.25, 0.3) is 11.8 Å². The van der Waals surface area contributed by atoms with E-state index in [4.69, 9.17) is 0 Å². The van der Waals surface area contributed by atoms with E-state index in [0.29, 0.717) is 5.56 Å². The van der Waals surface area contributed by atoms with Gasteiger partial charge in [-0.25, -0.2) is 26.6 Å². The van der Waals surface area contributed by atoms with Crippen LogP contribution in [0, 0.1) is 29.1 Å². The normalized spacial score (nSPS) is 11.0. The first-order valence-electron chi connectivity index (χ1n) is 7.74. The van der Waals surface area contributed by atoms with Gasteiger partial charge in [-0.1, -0.05) is 18.2 Å². The lowest BCUT2D eigenvalue weighted by molar-refractivity contribution is -0.116. The second-order valence-corrected chi connectivity index (χ2v) is 5.45. The lowest BCUT2D eigenvalue weighted by Gasteiger charge is -2.10. The maximum absolute atomic E-state index is 13.5. The van der Waals surface area contributed by atoms with Gasteiger partial charge >= 0.3 is 0 Å². The van der Waals surface area contributed by atoms with Gasteiger partial charge in [0.2, 0.25) is 5.82 Å². The fourth-order valence-electron chi connectivity index (χ4n) is 2.20. The fraction of sp³-hybridized carbons (Fsp3) is 0. The van der Waals surface area contributed by atoms with E-state index in [1.165, 1.54) is 12.3 Å². The zero-order chi connectivity index (χ0) is 20.3. The molecule has 0 unspecified atom stereocenters. The van der Waals surface area contributed by atoms with Gasteiger partial charge in [0.25, 0.3) is 5.91 Å². The Hall–Kier alpha value is -3.69. The Labute approximate surface area is 155 Å². The van der Waals surface area contributed by atoms with E-state index in [1.807, 2.05) is 35.8 Å². The molecule has 1 heterocycles. The SMILES string of the molecule is O=C(/C=C/c1cnn(-c2ccccc2)c1)NNc1c(F)c(F)c(F)c(F)c1F. The third-order valence-electron chi connectivity index (χ3n) is 3.57. The maximum Gasteiger partial charge on any atom is 0.262 e. The van der Waals surface area contributed by atoms with Crippen LogP contribution in [0.4, 0.5) is 27.6 Å². The Kier molecular flexibility index (Phi) is 5.39. The summed E-state index contributed by atoms with van der Waals surface area (Å²) in [4.78, 5) is 11.7. The van der Waals surface area contributed by atoms with E-state index in [-0.39, 0.29) is 0 Å². The zero-order valence-corrected chi connectivity index (χ0v) is 13.9. The van der Waals surface area contributed by atoms with Crippen molar-refractivity contribution < 1.29 is 26.7 Å². The van der Waals surface area contributed by atoms with Crippen LogP contribution < -0.4 is 10.9 Å². The van der Waals surface area contributed by atoms with Gasteiger partial charge in [-0.15, -0.1) is 0 Å². The molecule has 0 aliphatic heterocycles. The smallest absolute Gasteiger partial charge is 0.262 e. The van der Waals surface area contributed by atoms with Crippen molar-refractivity contribution in [3.05, 3.63) is 83.5 Å². The molecule has 0 aliphatic rings. The van der Waals surface area contributed by atoms with Crippen molar-refractivity contribution in [1.29, 1.82) is 0 Å². The van der Waals surface area contributed by atoms with E-state index < -0.39 is 40.7 Å². The highest BCUT2D eigenvalue weighted by atomic mass is 19.2. The van der Waals surface area contributed by atoms with Crippen molar-refractivity contribution in [2.24, 2.45) is 0 Å². The predicted molar refractivity (Wildman–Crippen MR) is 90.6 cm³/mol. The third kappa shape index (κ3) is 3.85. The first-order chi connectivity index (χ1) is 13.4. The Morgan fingerprint density at radius 1 is 0.929 bits per heavy atom. The molecular formula is C18H11F5N4O. The van der Waals surface area contributed by atoms with Crippen LogP contribution in [0.3, 0.4) is 0 Å². The molecule has 2 N–H and O–H groups in total. The Bertz CT molecular complexity index is 1020. The summed E-state index contributed by atoms with van der Waals surface area (Å²) < 4.78 is 67.7. The number of carbonyl (C=O) groups is 1. The standard InChI is InChI=1S/C18H11F5N4O/c19-13-14(20)16(22)18(17(23)15(13)21)26-25-12(28)7-6-10-8-24-27(9-10)11-4-2-1-3-5-11/h1-9,26H,(H,25,28)/b7-6+. The first kappa shape index (κ1) is 19.1. The number of nitrogens with one attached hydrogen (secondary N) is 2. The van der Waals surface area contributed by atoms with Gasteiger partial charge in [0.05, 0.1) is 11.9 Å². The molecule has 3 aromatic rings. The summed E-state index contributed by atoms with van der Waals surface area (Å²) in [5.74, 6) is -11.6. The third-order valence-corrected chi connectivity index (χ3v) is 3.57. The molecule has 0 radical (unpaired) electrons. The largest absolute Gasteiger partial charge is 0.293 e. The van der Waals surface area contributed by atoms with E-state index in [0.717, 1.165) is 11.8 Å². The monoisotopic (exact) mass is 394 g/mol. The highest BCUT2D eigenvalue weighted by Crippen LogP contribution is 2.26. The quantitative estimate of drug-likeness (QED) is 0.228. The molecule has 5 nitrogen and oxygen atoms in total. The number of rotatable bonds is 5. The molecule has 0 saturated heterocycles. The molecule has 28 heavy (non-hydrogen) atoms. The van der Waals surface area contributed by atoms with Crippen LogP contribution in [-0.4, -0.2) is 15.7 Å². The number of carbonyl (C=O) groups excluding carboxylic acids is 1. The van der Waals surface area contributed by atoms with Crippen LogP contribution in [0.15, 0.2) is 48.8 Å². The van der Waals surface area contributed by atoms with Crippen LogP contribution in [0.1, 0.15) is 5.56 Å². The summed E-state index contributed by atoms with van der Waals surface area (Å²) in [5, 5.41) is 4.11. The Balaban J connectivity index is 1.67. The maximum atomic E-state index is 13.5. The summed E-state index contributed by atoms with van der Waals surface area (Å²) in [6, 6.07) is 9.13. The van der Waals surface area contributed by atoms with Gasteiger partial charge in [-0.05, 0) is 18.2 Å². The number of amides is 1. The van der Waals surface area contributed by atoms with E-state index in [9.17, 15) is 26.7 Å². The molecule has 3 rings (SSSR count). The number of hydrogen-bond acceptors (Lipinski definition) is 3. The number of anilines is 1. The first-order valence-corrected chi connectivity index (χ1v) is 7.74. The summed E-state index contributed by atoms with van der Waals surface area (Å²) >= 11 is 0. The minimum Gasteiger partial charge on any atom is -0.293 e. The van der Waals surface area contributed by atoms with Crippen LogP contribution in [-0.2, 0) is 4.79 Å². The zero-order valence-electron chi connectivity index (χ0n) is 13.9. The number of nitrogens with zero attached hydrogens (tertiary/aromatic N) is 2. The molecule has 144 valence electrons. The van der Waals surface area contributed by atoms with Gasteiger partial charge in [0.15, 0.2) is 23.3 Å². The van der Waals surface area contributed by atoms with Crippen molar-refractivity contribution in [3.63, 3.8) is 0 Å². The van der Waals surface area contributed by atoms with Crippen molar-refractivity contribution in [2.45, 2.75) is 0 Å². The molecule has 1 amide bonds. The topological polar surface area (TPSA) is 59.0 Å². The molecule has 10 heteroatoms. The average Bonchev–Trinajstić information content (AvgIpc) is 3.19. The van der Waals surface area contributed by atoms with Gasteiger partial charge in [0.1, 0.15) is 5.69 Å². The highest BCUT2D eigenvalue weighted by Gasteiger charge is 2.25. The van der Waals surface area contributed by atoms with Gasteiger partial charge < -0.3 is 0 Å². The van der Waals surface area contributed by atoms with Gasteiger partial charge in [0, 0.05) is 17.8 Å². The van der Waals surface area contributed by atoms with Gasteiger partial charge in [-0.3, -0.25) is 15.6 Å². The van der Waals surface area contributed by atoms with Crippen molar-refractivity contribution >= 4 is 17.7 Å². The fourth-order valence-corrected chi connectivity index (χ4v) is 2.20. The number of hydrazine groups is 1. The molecule has 0 bridgehead atoms. The summed E-state index contributed by atoms with van der Waals surface area (Å²) in [6.45, 7) is 0. The summed E-state index contributed by atoms with van der Waals surface area (Å²) in [5.41, 5.74) is 3.48. The van der Waals surface area contributed by atoms with Crippen molar-refractivity contribution in [2.75, 3.05) is 5.43 Å². The number of aromatic nitrogens is 2. The molecule has 0 spiro atoms. The lowest BCUT2D eigenvalue weighted by atomic mass is 10.2. The Morgan fingerprint density at radius 3 is 2.18 bits per heavy atom. The highest BCUT2D eigenvalue weighted by molar-refractivity contribution is 5.92. The summed E-state index contributed by atoms with van der Waals surface area (Å²) in [6.07, 6.45) is 5.43. The van der Waals surface area contributed by atoms with E-state index >= 15 is 0 Å². The molecule has 2 aromatic carbocycles. The predicted octanol–water partition coefficient (Wildman–Crippen LogP) is 3.72. The molecule has 1 aromatic heterocycles. The van der Waals surface area contributed by atoms with Crippen LogP contribution in [0.2, 0.25) is 0 Å². The second-order valence-electron chi connectivity index (χ2n) is 5.45. The molecule has 0 atom stereocenters. The lowest BCUT2D eigenvalue weighted by Crippen LogP contribution is -2.29. The molecule has 0 fully saturated rings. The number of para-hydroxylation sites is 1. The average molecular weight is 394 g/mol. The minimum absolute atomic E-state index is 0.537. The van der Waals surface area contributed by atoms with Gasteiger partial charge in [-0.2, -0.15) is 5.10 Å². The molecule has 0 saturated carbocycles. The molecule has 0 aliphatic carbocycles. The number of benzene rings is 2. The van der Waals surface area contributed by atoms with Crippen LogP contribution in [0.5, 0.6) is 0 Å². The molecular weight excluding hydrogens is 383 g/mol. The number of halogens is 5. The van der Waals surface area contributed by atoms with E-state index in [1.54, 1.807) is 16.3 Å². The minimum atomic E-state index is -2.29. The van der Waals surface area contributed by atoms with Crippen molar-refractivity contribution in [1.82, 2.24) is 15.2 Å². The summed E-state index contributed by atoms with van der Waals surface area (Å²) in [7, 11) is 0. The van der Waals surface area contributed by atoms with E-state index in [2.05, 4.69) is 5.10 Å².